The minimum absolute atomic E-state index is 0.198. The molecule has 0 amide bonds. The van der Waals surface area contributed by atoms with E-state index in [1.807, 2.05) is 42.5 Å². The van der Waals surface area contributed by atoms with Crippen LogP contribution in [0.4, 0.5) is 5.69 Å². The Balaban J connectivity index is 2.78. The summed E-state index contributed by atoms with van der Waals surface area (Å²) in [5.41, 5.74) is 8.53. The molecule has 2 rings (SSSR count). The van der Waals surface area contributed by atoms with Crippen LogP contribution in [0.2, 0.25) is 0 Å². The van der Waals surface area contributed by atoms with Crippen LogP contribution in [-0.2, 0) is 0 Å². The van der Waals surface area contributed by atoms with E-state index < -0.39 is 0 Å². The molecule has 0 spiro atoms. The maximum atomic E-state index is 9.12. The number of nitriles is 2. The zero-order valence-electron chi connectivity index (χ0n) is 9.81. The number of nitrogens with two attached hydrogens (primary N) is 1. The molecule has 0 bridgehead atoms. The van der Waals surface area contributed by atoms with Crippen LogP contribution in [0.15, 0.2) is 30.3 Å². The van der Waals surface area contributed by atoms with Crippen LogP contribution in [0.3, 0.4) is 0 Å². The summed E-state index contributed by atoms with van der Waals surface area (Å²) >= 11 is 0. The number of nitrogen functional groups attached to an aromatic ring is 1. The quantitative estimate of drug-likeness (QED) is 0.820. The molecular weight excluding hydrogens is 224 g/mol. The molecule has 1 heterocycles. The second-order valence-electron chi connectivity index (χ2n) is 3.80. The van der Waals surface area contributed by atoms with Gasteiger partial charge in [-0.3, -0.25) is 0 Å². The summed E-state index contributed by atoms with van der Waals surface area (Å²) in [4.78, 5) is 4.32. The summed E-state index contributed by atoms with van der Waals surface area (Å²) < 4.78 is 0. The first-order chi connectivity index (χ1) is 8.69. The van der Waals surface area contributed by atoms with Crippen molar-refractivity contribution >= 4 is 5.69 Å². The molecule has 4 heteroatoms. The number of pyridine rings is 1. The third-order valence-corrected chi connectivity index (χ3v) is 2.69. The van der Waals surface area contributed by atoms with Crippen LogP contribution in [0.1, 0.15) is 16.8 Å². The molecule has 86 valence electrons. The van der Waals surface area contributed by atoms with Gasteiger partial charge in [0, 0.05) is 5.56 Å². The molecule has 2 N–H and O–H groups in total. The first-order valence-corrected chi connectivity index (χ1v) is 5.34. The number of hydrogen-bond acceptors (Lipinski definition) is 4. The van der Waals surface area contributed by atoms with E-state index in [2.05, 4.69) is 4.98 Å². The molecule has 0 aliphatic heterocycles. The Morgan fingerprint density at radius 3 is 2.22 bits per heavy atom. The Labute approximate surface area is 105 Å². The Morgan fingerprint density at radius 1 is 1.06 bits per heavy atom. The van der Waals surface area contributed by atoms with E-state index in [0.29, 0.717) is 11.4 Å². The van der Waals surface area contributed by atoms with Crippen LogP contribution < -0.4 is 5.73 Å². The van der Waals surface area contributed by atoms with Gasteiger partial charge in [0.05, 0.1) is 28.2 Å². The van der Waals surface area contributed by atoms with Gasteiger partial charge in [-0.25, -0.2) is 4.98 Å². The second-order valence-corrected chi connectivity index (χ2v) is 3.80. The molecule has 1 aromatic heterocycles. The van der Waals surface area contributed by atoms with Crippen molar-refractivity contribution in [1.29, 1.82) is 10.5 Å². The number of rotatable bonds is 1. The van der Waals surface area contributed by atoms with Gasteiger partial charge in [-0.15, -0.1) is 0 Å². The van der Waals surface area contributed by atoms with Crippen LogP contribution in [0.25, 0.3) is 11.3 Å². The normalized spacial score (nSPS) is 9.50. The molecule has 0 atom stereocenters. The highest BCUT2D eigenvalue weighted by Gasteiger charge is 2.16. The van der Waals surface area contributed by atoms with Crippen LogP contribution in [-0.4, -0.2) is 4.98 Å². The van der Waals surface area contributed by atoms with Crippen molar-refractivity contribution in [2.75, 3.05) is 5.73 Å². The summed E-state index contributed by atoms with van der Waals surface area (Å²) in [6.45, 7) is 1.70. The minimum atomic E-state index is 0.198. The predicted octanol–water partition coefficient (Wildman–Crippen LogP) is 2.38. The maximum Gasteiger partial charge on any atom is 0.103 e. The molecular formula is C14H10N4. The van der Waals surface area contributed by atoms with E-state index >= 15 is 0 Å². The van der Waals surface area contributed by atoms with Gasteiger partial charge in [-0.2, -0.15) is 10.5 Å². The van der Waals surface area contributed by atoms with Gasteiger partial charge in [0.2, 0.25) is 0 Å². The molecule has 0 radical (unpaired) electrons. The van der Waals surface area contributed by atoms with Crippen molar-refractivity contribution in [3.63, 3.8) is 0 Å². The van der Waals surface area contributed by atoms with E-state index in [0.717, 1.165) is 5.56 Å². The van der Waals surface area contributed by atoms with Gasteiger partial charge >= 0.3 is 0 Å². The average Bonchev–Trinajstić information content (AvgIpc) is 2.41. The fraction of sp³-hybridized carbons (Fsp3) is 0.0714. The Kier molecular flexibility index (Phi) is 2.95. The van der Waals surface area contributed by atoms with Crippen molar-refractivity contribution < 1.29 is 0 Å². The molecule has 0 saturated heterocycles. The largest absolute Gasteiger partial charge is 0.396 e. The topological polar surface area (TPSA) is 86.5 Å². The zero-order chi connectivity index (χ0) is 13.1. The standard InChI is InChI=1S/C14H10N4/c1-9-11(7-15)12(8-16)13(17)14(18-9)10-5-3-2-4-6-10/h2-6H,17H2,1H3. The second kappa shape index (κ2) is 4.57. The Bertz CT molecular complexity index is 676. The van der Waals surface area contributed by atoms with Gasteiger partial charge < -0.3 is 5.73 Å². The number of hydrogen-bond donors (Lipinski definition) is 1. The van der Waals surface area contributed by atoms with Gasteiger partial charge in [0.15, 0.2) is 0 Å². The Morgan fingerprint density at radius 2 is 1.67 bits per heavy atom. The van der Waals surface area contributed by atoms with E-state index in [9.17, 15) is 0 Å². The lowest BCUT2D eigenvalue weighted by Gasteiger charge is -2.09. The van der Waals surface area contributed by atoms with Gasteiger partial charge in [0.25, 0.3) is 0 Å². The van der Waals surface area contributed by atoms with Crippen LogP contribution in [0.5, 0.6) is 0 Å². The number of benzene rings is 1. The van der Waals surface area contributed by atoms with Crippen molar-refractivity contribution in [2.45, 2.75) is 6.92 Å². The van der Waals surface area contributed by atoms with Crippen molar-refractivity contribution in [3.05, 3.63) is 47.2 Å². The molecule has 1 aromatic carbocycles. The van der Waals surface area contributed by atoms with E-state index in [1.165, 1.54) is 0 Å². The van der Waals surface area contributed by atoms with Crippen molar-refractivity contribution in [2.24, 2.45) is 0 Å². The minimum Gasteiger partial charge on any atom is -0.396 e. The third-order valence-electron chi connectivity index (χ3n) is 2.69. The predicted molar refractivity (Wildman–Crippen MR) is 68.3 cm³/mol. The number of aryl methyl sites for hydroxylation is 1. The summed E-state index contributed by atoms with van der Waals surface area (Å²) in [6.07, 6.45) is 0. The van der Waals surface area contributed by atoms with Gasteiger partial charge in [-0.1, -0.05) is 30.3 Å². The molecule has 0 fully saturated rings. The fourth-order valence-corrected chi connectivity index (χ4v) is 1.79. The molecule has 0 aliphatic rings. The zero-order valence-corrected chi connectivity index (χ0v) is 9.81. The highest BCUT2D eigenvalue weighted by atomic mass is 14.8. The molecule has 18 heavy (non-hydrogen) atoms. The third kappa shape index (κ3) is 1.77. The number of nitrogens with zero attached hydrogens (tertiary/aromatic N) is 3. The lowest BCUT2D eigenvalue weighted by Crippen LogP contribution is -2.03. The highest BCUT2D eigenvalue weighted by molar-refractivity contribution is 5.79. The number of anilines is 1. The molecule has 0 saturated carbocycles. The van der Waals surface area contributed by atoms with Crippen LogP contribution >= 0.6 is 0 Å². The fourth-order valence-electron chi connectivity index (χ4n) is 1.79. The number of aromatic nitrogens is 1. The summed E-state index contributed by atoms with van der Waals surface area (Å²) in [5, 5.41) is 18.1. The highest BCUT2D eigenvalue weighted by Crippen LogP contribution is 2.29. The van der Waals surface area contributed by atoms with Gasteiger partial charge in [0.1, 0.15) is 12.1 Å². The van der Waals surface area contributed by atoms with Crippen molar-refractivity contribution in [1.82, 2.24) is 4.98 Å². The van der Waals surface area contributed by atoms with E-state index in [-0.39, 0.29) is 16.8 Å². The van der Waals surface area contributed by atoms with E-state index in [4.69, 9.17) is 16.3 Å². The molecule has 0 unspecified atom stereocenters. The van der Waals surface area contributed by atoms with Crippen LogP contribution in [0, 0.1) is 29.6 Å². The summed E-state index contributed by atoms with van der Waals surface area (Å²) in [6, 6.07) is 13.3. The summed E-state index contributed by atoms with van der Waals surface area (Å²) in [5.74, 6) is 0. The van der Waals surface area contributed by atoms with Crippen molar-refractivity contribution in [3.8, 4) is 23.4 Å². The lowest BCUT2D eigenvalue weighted by molar-refractivity contribution is 1.18. The maximum absolute atomic E-state index is 9.12. The monoisotopic (exact) mass is 234 g/mol. The summed E-state index contributed by atoms with van der Waals surface area (Å²) in [7, 11) is 0. The molecule has 0 aliphatic carbocycles. The smallest absolute Gasteiger partial charge is 0.103 e. The lowest BCUT2D eigenvalue weighted by atomic mass is 10.0. The van der Waals surface area contributed by atoms with E-state index in [1.54, 1.807) is 6.92 Å². The molecule has 2 aromatic rings. The first-order valence-electron chi connectivity index (χ1n) is 5.34. The molecule has 4 nitrogen and oxygen atoms in total. The Hall–Kier alpha value is -2.85. The average molecular weight is 234 g/mol. The first kappa shape index (κ1) is 11.6. The SMILES string of the molecule is Cc1nc(-c2ccccc2)c(N)c(C#N)c1C#N. The van der Waals surface area contributed by atoms with Gasteiger partial charge in [-0.05, 0) is 6.92 Å².